The monoisotopic (exact) mass is 1180 g/mol. The van der Waals surface area contributed by atoms with Gasteiger partial charge in [-0.25, -0.2) is 28.9 Å². The fraction of sp³-hybridized carbons (Fsp3) is 0.340. The normalized spacial score (nSPS) is 12.2. The second-order valence-corrected chi connectivity index (χ2v) is 23.3. The van der Waals surface area contributed by atoms with Crippen molar-refractivity contribution in [3.8, 4) is 40.4 Å². The molecule has 0 saturated carbocycles. The van der Waals surface area contributed by atoms with Crippen molar-refractivity contribution in [2.75, 3.05) is 25.7 Å². The first-order valence-corrected chi connectivity index (χ1v) is 31.8. The van der Waals surface area contributed by atoms with Gasteiger partial charge in [-0.15, -0.1) is 11.3 Å². The van der Waals surface area contributed by atoms with E-state index in [1.165, 1.54) is 72.0 Å². The van der Waals surface area contributed by atoms with Crippen LogP contribution in [0.2, 0.25) is 0 Å². The number of hydrogen-bond donors (Lipinski definition) is 0. The van der Waals surface area contributed by atoms with E-state index in [1.807, 2.05) is 99.4 Å². The maximum Gasteiger partial charge on any atom is 0.494 e. The Hall–Kier alpha value is -5.30. The van der Waals surface area contributed by atoms with E-state index >= 15 is 0 Å². The van der Waals surface area contributed by atoms with Crippen molar-refractivity contribution in [1.82, 2.24) is 48.1 Å². The van der Waals surface area contributed by atoms with Gasteiger partial charge in [0.25, 0.3) is 0 Å². The summed E-state index contributed by atoms with van der Waals surface area (Å²) in [6.45, 7) is 25.0. The number of hydrogen-bond acceptors (Lipinski definition) is 15. The minimum absolute atomic E-state index is 0.306. The number of aromatic nitrogens is 10. The average molecular weight is 1180 g/mol. The molecular formula is C50H58Al3FGaN15O3S3. The van der Waals surface area contributed by atoms with E-state index in [0.29, 0.717) is 36.1 Å². The molecule has 8 heterocycles. The first-order chi connectivity index (χ1) is 36.4. The van der Waals surface area contributed by atoms with Crippen molar-refractivity contribution in [2.45, 2.75) is 98.6 Å². The summed E-state index contributed by atoms with van der Waals surface area (Å²) in [5.41, 5.74) is 10.1. The number of nitrogens with zero attached hydrogens (tertiary/aromatic N) is 15. The van der Waals surface area contributed by atoms with E-state index < -0.39 is 12.3 Å². The van der Waals surface area contributed by atoms with Crippen LogP contribution in [-0.2, 0) is 29.5 Å². The molecule has 4 radical (unpaired) electrons. The SMILES string of the molecule is CCc1ccn(C2=NC(C)(C)N=C2[O][AlH])n1.Cc1c([S][GaH])c(-n2cc(N(C)C)c(CCF)n2)c(C)n1-c1ccccc1.Cc1snc(-n2ccc(CC#N)n2)c1[O][AlH].[C-]#[N+]c1cn(-c2c(C)sc(C)c2[O][AlH])nc1CC. The van der Waals surface area contributed by atoms with Crippen LogP contribution in [-0.4, -0.2) is 153 Å². The summed E-state index contributed by atoms with van der Waals surface area (Å²) < 4.78 is 42.6. The first kappa shape index (κ1) is 59.9. The van der Waals surface area contributed by atoms with Crippen LogP contribution in [0, 0.1) is 52.5 Å². The molecule has 1 aliphatic rings. The van der Waals surface area contributed by atoms with Gasteiger partial charge in [-0.1, -0.05) is 13.8 Å². The Morgan fingerprint density at radius 2 is 1.46 bits per heavy atom. The molecule has 388 valence electrons. The van der Waals surface area contributed by atoms with Crippen LogP contribution >= 0.6 is 32.6 Å². The summed E-state index contributed by atoms with van der Waals surface area (Å²) in [5, 5.41) is 26.4. The Morgan fingerprint density at radius 1 is 0.803 bits per heavy atom. The van der Waals surface area contributed by atoms with Gasteiger partial charge in [0.1, 0.15) is 17.2 Å². The van der Waals surface area contributed by atoms with Gasteiger partial charge in [-0.3, -0.25) is 0 Å². The van der Waals surface area contributed by atoms with Crippen molar-refractivity contribution >= 4 is 123 Å². The molecule has 8 aromatic rings. The fourth-order valence-electron chi connectivity index (χ4n) is 8.17. The van der Waals surface area contributed by atoms with Crippen molar-refractivity contribution in [1.29, 1.82) is 5.26 Å². The van der Waals surface area contributed by atoms with Gasteiger partial charge in [-0.05, 0) is 71.1 Å². The molecule has 1 aliphatic heterocycles. The first-order valence-electron chi connectivity index (χ1n) is 23.9. The predicted octanol–water partition coefficient (Wildman–Crippen LogP) is 8.19. The van der Waals surface area contributed by atoms with E-state index in [0.717, 1.165) is 108 Å². The molecule has 0 bridgehead atoms. The predicted molar refractivity (Wildman–Crippen MR) is 309 cm³/mol. The molecule has 26 heteroatoms. The summed E-state index contributed by atoms with van der Waals surface area (Å²) in [7, 11) is 5.78. The summed E-state index contributed by atoms with van der Waals surface area (Å²) >= 11 is 8.44. The maximum atomic E-state index is 13.0. The molecule has 18 nitrogen and oxygen atoms in total. The molecule has 9 rings (SSSR count). The fourth-order valence-corrected chi connectivity index (χ4v) is 13.7. The zero-order chi connectivity index (χ0) is 55.4. The van der Waals surface area contributed by atoms with Gasteiger partial charge in [0.05, 0.1) is 41.0 Å². The number of alkyl halides is 1. The molecule has 0 amide bonds. The zero-order valence-electron chi connectivity index (χ0n) is 44.8. The van der Waals surface area contributed by atoms with Crippen LogP contribution in [0.3, 0.4) is 0 Å². The van der Waals surface area contributed by atoms with Crippen LogP contribution in [0.4, 0.5) is 15.8 Å². The third-order valence-electron chi connectivity index (χ3n) is 11.7. The Kier molecular flexibility index (Phi) is 21.6. The number of para-hydroxylation sites is 1. The molecule has 0 N–H and O–H groups in total. The maximum absolute atomic E-state index is 13.0. The summed E-state index contributed by atoms with van der Waals surface area (Å²) in [4.78, 5) is 18.9. The second-order valence-electron chi connectivity index (χ2n) is 17.5. The van der Waals surface area contributed by atoms with Crippen LogP contribution in [0.15, 0.2) is 82.1 Å². The zero-order valence-corrected chi connectivity index (χ0v) is 54.4. The Bertz CT molecular complexity index is 3410. The summed E-state index contributed by atoms with van der Waals surface area (Å²) in [6, 6.07) is 16.2. The summed E-state index contributed by atoms with van der Waals surface area (Å²) in [5.74, 6) is 3.52. The van der Waals surface area contributed by atoms with Gasteiger partial charge in [-0.2, -0.15) is 24.9 Å². The molecule has 0 spiro atoms. The van der Waals surface area contributed by atoms with Crippen molar-refractivity contribution in [3.05, 3.63) is 127 Å². The second kappa shape index (κ2) is 27.3. The number of aryl methyl sites for hydroxylation is 6. The van der Waals surface area contributed by atoms with Gasteiger partial charge >= 0.3 is 217 Å². The van der Waals surface area contributed by atoms with Gasteiger partial charge in [0.15, 0.2) is 5.66 Å². The van der Waals surface area contributed by atoms with Crippen LogP contribution in [0.5, 0.6) is 11.5 Å². The Labute approximate surface area is 490 Å². The Balaban J connectivity index is 0.000000168. The van der Waals surface area contributed by atoms with Gasteiger partial charge in [0, 0.05) is 28.3 Å². The van der Waals surface area contributed by atoms with E-state index in [4.69, 9.17) is 28.3 Å². The van der Waals surface area contributed by atoms with Gasteiger partial charge < -0.3 is 11.4 Å². The van der Waals surface area contributed by atoms with Gasteiger partial charge in [0.2, 0.25) is 23.2 Å². The molecule has 1 aromatic carbocycles. The van der Waals surface area contributed by atoms with Crippen LogP contribution in [0.1, 0.15) is 76.5 Å². The van der Waals surface area contributed by atoms with E-state index in [1.54, 1.807) is 43.8 Å². The minimum Gasteiger partial charge on any atom is -0.648 e. The number of benzene rings is 1. The molecule has 7 aromatic heterocycles. The summed E-state index contributed by atoms with van der Waals surface area (Å²) in [6.07, 6.45) is 9.78. The van der Waals surface area contributed by atoms with E-state index in [9.17, 15) is 4.39 Å². The largest absolute Gasteiger partial charge is 0.648 e. The number of aliphatic imine (C=N–C) groups is 2. The topological polar surface area (TPSA) is 173 Å². The molecule has 0 saturated heterocycles. The number of thiophene rings is 1. The Morgan fingerprint density at radius 3 is 2.04 bits per heavy atom. The smallest absolute Gasteiger partial charge is 0.494 e. The molecular weight excluding hydrogens is 1120 g/mol. The molecule has 0 unspecified atom stereocenters. The molecule has 0 fully saturated rings. The standard InChI is InChI=1S/C19H23FN4S.C12H13N3OS.C10H14N4O.C9H8N4OS.3Al.Ga.4H/c1-13-18(23-12-17(22(3)4)16(21-23)10-11-20)19(25)14(2)24(13)15-8-6-5-7-9-15;1-5-9-10(13-4)6-15(14-9)11-7(2)17-8(3)12(11)16;1-4-7-5-6-14(13-7)8-9(15)12-10(2,3)11-8;1-6-8(14)9(12-15-6)13-5-3-7(11-13)2-4-10;;;;;;;;/h5-9,12,25H,10-11H2,1-4H3;6,16H,5H2,1-3H3;5-6H,4H2,1-3H3,(H,12,15);3,5,14H,2H2,1H3;;;;;;;;/q;;;;4*+1;;;;/p-4. The van der Waals surface area contributed by atoms with E-state index in [-0.39, 0.29) is 0 Å². The van der Waals surface area contributed by atoms with Crippen molar-refractivity contribution in [2.24, 2.45) is 9.98 Å². The number of nitriles is 1. The van der Waals surface area contributed by atoms with Crippen molar-refractivity contribution < 1.29 is 15.8 Å². The minimum atomic E-state index is -0.455. The average Bonchev–Trinajstić information content (AvgIpc) is 4.31. The number of halogens is 1. The molecule has 76 heavy (non-hydrogen) atoms. The van der Waals surface area contributed by atoms with Crippen molar-refractivity contribution in [3.63, 3.8) is 0 Å². The van der Waals surface area contributed by atoms with E-state index in [2.05, 4.69) is 90.2 Å². The third kappa shape index (κ3) is 13.7. The van der Waals surface area contributed by atoms with Crippen LogP contribution < -0.4 is 12.5 Å². The molecule has 0 atom stereocenters. The number of rotatable bonds is 13. The number of anilines is 1. The molecule has 0 aliphatic carbocycles. The third-order valence-corrected chi connectivity index (χ3v) is 16.8. The van der Waals surface area contributed by atoms with Crippen LogP contribution in [0.25, 0.3) is 27.7 Å². The quantitative estimate of drug-likeness (QED) is 0.0805.